The Morgan fingerprint density at radius 1 is 1.44 bits per heavy atom. The van der Waals surface area contributed by atoms with E-state index in [0.717, 1.165) is 19.3 Å². The lowest BCUT2D eigenvalue weighted by Gasteiger charge is -2.23. The number of nitrogens with two attached hydrogens (primary N) is 1. The van der Waals surface area contributed by atoms with Crippen LogP contribution in [0.5, 0.6) is 0 Å². The maximum atomic E-state index is 11.9. The molecule has 96 valence electrons. The van der Waals surface area contributed by atoms with Crippen LogP contribution in [-0.4, -0.2) is 23.5 Å². The van der Waals surface area contributed by atoms with Crippen LogP contribution in [-0.2, 0) is 17.6 Å². The van der Waals surface area contributed by atoms with Crippen molar-refractivity contribution in [2.45, 2.75) is 19.3 Å². The number of nitrogens with one attached hydrogen (secondary N) is 1. The Balaban J connectivity index is 1.94. The Bertz CT molecular complexity index is 471. The molecule has 1 amide bonds. The number of aryl methyl sites for hydroxylation is 1. The van der Waals surface area contributed by atoms with Gasteiger partial charge in [-0.05, 0) is 30.4 Å². The fourth-order valence-corrected chi connectivity index (χ4v) is 2.28. The zero-order valence-corrected chi connectivity index (χ0v) is 10.1. The highest BCUT2D eigenvalue weighted by Gasteiger charge is 2.24. The van der Waals surface area contributed by atoms with Gasteiger partial charge in [-0.3, -0.25) is 4.79 Å². The van der Waals surface area contributed by atoms with Crippen LogP contribution in [0.3, 0.4) is 0 Å². The fraction of sp³-hybridized carbons (Fsp3) is 0.385. The maximum absolute atomic E-state index is 11.9. The van der Waals surface area contributed by atoms with E-state index in [1.165, 1.54) is 11.1 Å². The van der Waals surface area contributed by atoms with Crippen molar-refractivity contribution >= 4 is 11.7 Å². The average Bonchev–Trinajstić information content (AvgIpc) is 2.43. The van der Waals surface area contributed by atoms with Gasteiger partial charge in [0.05, 0.1) is 6.54 Å². The molecule has 0 radical (unpaired) electrons. The first-order valence-corrected chi connectivity index (χ1v) is 6.01. The average molecular weight is 247 g/mol. The number of nitrogens with zero attached hydrogens (tertiary/aromatic N) is 1. The summed E-state index contributed by atoms with van der Waals surface area (Å²) in [6, 6.07) is 8.20. The van der Waals surface area contributed by atoms with Gasteiger partial charge in [-0.1, -0.05) is 29.4 Å². The first-order chi connectivity index (χ1) is 8.70. The second-order valence-electron chi connectivity index (χ2n) is 4.52. The zero-order valence-electron chi connectivity index (χ0n) is 10.1. The van der Waals surface area contributed by atoms with Gasteiger partial charge in [-0.2, -0.15) is 0 Å². The molecular formula is C13H17N3O2. The highest BCUT2D eigenvalue weighted by atomic mass is 16.4. The number of benzene rings is 1. The van der Waals surface area contributed by atoms with E-state index in [1.807, 2.05) is 12.1 Å². The van der Waals surface area contributed by atoms with Crippen LogP contribution in [0.25, 0.3) is 0 Å². The Kier molecular flexibility index (Phi) is 3.82. The summed E-state index contributed by atoms with van der Waals surface area (Å²) in [5.74, 6) is -0.0398. The number of carbonyl (C=O) groups excluding carboxylic acids is 1. The number of oxime groups is 1. The van der Waals surface area contributed by atoms with Gasteiger partial charge in [0.25, 0.3) is 0 Å². The lowest BCUT2D eigenvalue weighted by atomic mass is 9.83. The van der Waals surface area contributed by atoms with Crippen LogP contribution in [0, 0.1) is 5.92 Å². The summed E-state index contributed by atoms with van der Waals surface area (Å²) in [5.41, 5.74) is 7.89. The zero-order chi connectivity index (χ0) is 13.0. The summed E-state index contributed by atoms with van der Waals surface area (Å²) < 4.78 is 0. The third kappa shape index (κ3) is 2.80. The Labute approximate surface area is 106 Å². The van der Waals surface area contributed by atoms with E-state index >= 15 is 0 Å². The molecule has 0 fully saturated rings. The van der Waals surface area contributed by atoms with Crippen molar-refractivity contribution < 1.29 is 10.0 Å². The van der Waals surface area contributed by atoms with Crippen molar-refractivity contribution in [2.24, 2.45) is 16.8 Å². The normalized spacial score (nSPS) is 19.1. The third-order valence-electron chi connectivity index (χ3n) is 3.29. The van der Waals surface area contributed by atoms with E-state index < -0.39 is 0 Å². The molecule has 18 heavy (non-hydrogen) atoms. The molecule has 1 aliphatic rings. The van der Waals surface area contributed by atoms with Crippen LogP contribution >= 0.6 is 0 Å². The first-order valence-electron chi connectivity index (χ1n) is 6.01. The molecule has 0 saturated carbocycles. The number of amidine groups is 1. The summed E-state index contributed by atoms with van der Waals surface area (Å²) in [6.07, 6.45) is 2.54. The van der Waals surface area contributed by atoms with Crippen LogP contribution in [0.4, 0.5) is 0 Å². The molecule has 4 N–H and O–H groups in total. The highest BCUT2D eigenvalue weighted by molar-refractivity contribution is 5.87. The SMILES string of the molecule is N/C(CNC(=O)C1CCc2ccccc2C1)=N/O. The van der Waals surface area contributed by atoms with Crippen molar-refractivity contribution in [3.8, 4) is 0 Å². The van der Waals surface area contributed by atoms with Crippen LogP contribution < -0.4 is 11.1 Å². The van der Waals surface area contributed by atoms with Crippen LogP contribution in [0.1, 0.15) is 17.5 Å². The van der Waals surface area contributed by atoms with E-state index in [4.69, 9.17) is 10.9 Å². The van der Waals surface area contributed by atoms with Gasteiger partial charge < -0.3 is 16.3 Å². The number of amides is 1. The number of fused-ring (bicyclic) bond motifs is 1. The summed E-state index contributed by atoms with van der Waals surface area (Å²) in [6.45, 7) is 0.0908. The smallest absolute Gasteiger partial charge is 0.223 e. The van der Waals surface area contributed by atoms with E-state index in [1.54, 1.807) is 0 Å². The number of carbonyl (C=O) groups is 1. The minimum Gasteiger partial charge on any atom is -0.409 e. The molecule has 0 aliphatic heterocycles. The molecular weight excluding hydrogens is 230 g/mol. The van der Waals surface area contributed by atoms with Gasteiger partial charge >= 0.3 is 0 Å². The molecule has 5 heteroatoms. The lowest BCUT2D eigenvalue weighted by Crippen LogP contribution is -2.39. The molecule has 0 heterocycles. The molecule has 0 spiro atoms. The molecule has 1 aromatic rings. The topological polar surface area (TPSA) is 87.7 Å². The lowest BCUT2D eigenvalue weighted by molar-refractivity contribution is -0.125. The molecule has 2 rings (SSSR count). The van der Waals surface area contributed by atoms with E-state index in [-0.39, 0.29) is 24.2 Å². The second-order valence-corrected chi connectivity index (χ2v) is 4.52. The number of hydrogen-bond donors (Lipinski definition) is 3. The van der Waals surface area contributed by atoms with E-state index in [2.05, 4.69) is 22.6 Å². The standard InChI is InChI=1S/C13H17N3O2/c14-12(16-18)8-15-13(17)11-6-5-9-3-1-2-4-10(9)7-11/h1-4,11,18H,5-8H2,(H2,14,16)(H,15,17). The molecule has 0 saturated heterocycles. The Morgan fingerprint density at radius 2 is 2.17 bits per heavy atom. The van der Waals surface area contributed by atoms with Crippen molar-refractivity contribution in [3.63, 3.8) is 0 Å². The first kappa shape index (κ1) is 12.4. The van der Waals surface area contributed by atoms with Gasteiger partial charge in [0.2, 0.25) is 5.91 Å². The van der Waals surface area contributed by atoms with Gasteiger partial charge in [0.15, 0.2) is 5.84 Å². The molecule has 1 unspecified atom stereocenters. The van der Waals surface area contributed by atoms with Crippen molar-refractivity contribution in [3.05, 3.63) is 35.4 Å². The van der Waals surface area contributed by atoms with Gasteiger partial charge in [0, 0.05) is 5.92 Å². The molecule has 1 aliphatic carbocycles. The van der Waals surface area contributed by atoms with Crippen molar-refractivity contribution in [2.75, 3.05) is 6.54 Å². The summed E-state index contributed by atoms with van der Waals surface area (Å²) in [4.78, 5) is 11.9. The minimum atomic E-state index is -0.0314. The molecule has 0 bridgehead atoms. The van der Waals surface area contributed by atoms with Gasteiger partial charge in [-0.25, -0.2) is 0 Å². The van der Waals surface area contributed by atoms with Gasteiger partial charge in [-0.15, -0.1) is 0 Å². The summed E-state index contributed by atoms with van der Waals surface area (Å²) in [7, 11) is 0. The predicted octanol–water partition coefficient (Wildman–Crippen LogP) is 0.654. The Hall–Kier alpha value is -2.04. The van der Waals surface area contributed by atoms with Crippen molar-refractivity contribution in [1.29, 1.82) is 0 Å². The largest absolute Gasteiger partial charge is 0.409 e. The molecule has 5 nitrogen and oxygen atoms in total. The van der Waals surface area contributed by atoms with E-state index in [0.29, 0.717) is 0 Å². The van der Waals surface area contributed by atoms with E-state index in [9.17, 15) is 4.79 Å². The van der Waals surface area contributed by atoms with Crippen LogP contribution in [0.2, 0.25) is 0 Å². The third-order valence-corrected chi connectivity index (χ3v) is 3.29. The fourth-order valence-electron chi connectivity index (χ4n) is 2.28. The predicted molar refractivity (Wildman–Crippen MR) is 68.4 cm³/mol. The Morgan fingerprint density at radius 3 is 2.89 bits per heavy atom. The molecule has 1 aromatic carbocycles. The molecule has 1 atom stereocenters. The number of rotatable bonds is 3. The summed E-state index contributed by atoms with van der Waals surface area (Å²) in [5, 5.41) is 13.9. The quantitative estimate of drug-likeness (QED) is 0.317. The second kappa shape index (κ2) is 5.53. The van der Waals surface area contributed by atoms with Crippen LogP contribution in [0.15, 0.2) is 29.4 Å². The van der Waals surface area contributed by atoms with Crippen molar-refractivity contribution in [1.82, 2.24) is 5.32 Å². The minimum absolute atomic E-state index is 0.0135. The summed E-state index contributed by atoms with van der Waals surface area (Å²) >= 11 is 0. The highest BCUT2D eigenvalue weighted by Crippen LogP contribution is 2.25. The number of hydrogen-bond acceptors (Lipinski definition) is 3. The van der Waals surface area contributed by atoms with Gasteiger partial charge in [0.1, 0.15) is 0 Å². The maximum Gasteiger partial charge on any atom is 0.223 e. The monoisotopic (exact) mass is 247 g/mol. The molecule has 0 aromatic heterocycles.